The van der Waals surface area contributed by atoms with Crippen LogP contribution >= 0.6 is 11.8 Å². The molecule has 2 aliphatic rings. The van der Waals surface area contributed by atoms with Crippen molar-refractivity contribution in [2.24, 2.45) is 5.92 Å². The Kier molecular flexibility index (Phi) is 5.16. The zero-order valence-corrected chi connectivity index (χ0v) is 17.8. The summed E-state index contributed by atoms with van der Waals surface area (Å²) in [5, 5.41) is 2.54. The quantitative estimate of drug-likeness (QED) is 0.806. The van der Waals surface area contributed by atoms with Crippen molar-refractivity contribution in [2.45, 2.75) is 35.3 Å². The highest BCUT2D eigenvalue weighted by Crippen LogP contribution is 2.37. The third-order valence-electron chi connectivity index (χ3n) is 5.29. The van der Waals surface area contributed by atoms with Crippen molar-refractivity contribution in [3.63, 3.8) is 0 Å². The van der Waals surface area contributed by atoms with Crippen LogP contribution in [0.4, 0.5) is 11.4 Å². The molecule has 2 atom stereocenters. The van der Waals surface area contributed by atoms with E-state index in [1.807, 2.05) is 24.3 Å². The van der Waals surface area contributed by atoms with Gasteiger partial charge in [-0.05, 0) is 43.2 Å². The van der Waals surface area contributed by atoms with E-state index in [-0.39, 0.29) is 27.7 Å². The van der Waals surface area contributed by atoms with E-state index in [0.29, 0.717) is 12.2 Å². The Balaban J connectivity index is 1.52. The molecule has 0 radical (unpaired) electrons. The topological polar surface area (TPSA) is 83.5 Å². The molecule has 0 saturated heterocycles. The zero-order valence-electron chi connectivity index (χ0n) is 16.2. The Hall–Kier alpha value is -2.32. The highest BCUT2D eigenvalue weighted by Gasteiger charge is 2.32. The first kappa shape index (κ1) is 20.0. The van der Waals surface area contributed by atoms with Crippen LogP contribution < -0.4 is 10.2 Å². The van der Waals surface area contributed by atoms with E-state index in [2.05, 4.69) is 5.32 Å². The lowest BCUT2D eigenvalue weighted by molar-refractivity contribution is -0.121. The van der Waals surface area contributed by atoms with Crippen molar-refractivity contribution in [3.8, 4) is 0 Å². The molecule has 2 aromatic carbocycles. The molecule has 1 N–H and O–H groups in total. The third-order valence-corrected chi connectivity index (χ3v) is 8.37. The maximum atomic E-state index is 12.9. The van der Waals surface area contributed by atoms with Crippen molar-refractivity contribution in [1.29, 1.82) is 0 Å². The minimum Gasteiger partial charge on any atom is -0.324 e. The second kappa shape index (κ2) is 7.50. The molecule has 8 heteroatoms. The molecule has 4 rings (SSSR count). The van der Waals surface area contributed by atoms with Gasteiger partial charge < -0.3 is 10.2 Å². The molecule has 6 nitrogen and oxygen atoms in total. The first-order chi connectivity index (χ1) is 13.8. The Labute approximate surface area is 174 Å². The fourth-order valence-electron chi connectivity index (χ4n) is 3.71. The third kappa shape index (κ3) is 3.79. The van der Waals surface area contributed by atoms with E-state index in [4.69, 9.17) is 0 Å². The van der Waals surface area contributed by atoms with Gasteiger partial charge >= 0.3 is 0 Å². The molecule has 0 saturated carbocycles. The highest BCUT2D eigenvalue weighted by molar-refractivity contribution is 8.01. The molecule has 0 bridgehead atoms. The number of thioether (sulfide) groups is 1. The number of nitrogens with zero attached hydrogens (tertiary/aromatic N) is 1. The summed E-state index contributed by atoms with van der Waals surface area (Å²) in [5.41, 5.74) is 2.48. The van der Waals surface area contributed by atoms with Crippen molar-refractivity contribution in [3.05, 3.63) is 48.0 Å². The number of hydrogen-bond donors (Lipinski definition) is 1. The zero-order chi connectivity index (χ0) is 20.8. The van der Waals surface area contributed by atoms with Crippen LogP contribution in [0, 0.1) is 5.92 Å². The van der Waals surface area contributed by atoms with Crippen LogP contribution in [-0.4, -0.2) is 37.8 Å². The van der Waals surface area contributed by atoms with Gasteiger partial charge in [0.2, 0.25) is 11.8 Å². The summed E-state index contributed by atoms with van der Waals surface area (Å²) in [7, 11) is -3.68. The molecule has 0 fully saturated rings. The second-order valence-electron chi connectivity index (χ2n) is 7.46. The summed E-state index contributed by atoms with van der Waals surface area (Å²) >= 11 is 1.40. The molecule has 29 heavy (non-hydrogen) atoms. The molecule has 2 aliphatic heterocycles. The Bertz CT molecular complexity index is 1100. The van der Waals surface area contributed by atoms with Crippen molar-refractivity contribution < 1.29 is 18.0 Å². The number of hydrogen-bond acceptors (Lipinski definition) is 5. The highest BCUT2D eigenvalue weighted by atomic mass is 32.2. The van der Waals surface area contributed by atoms with Crippen LogP contribution in [0.5, 0.6) is 0 Å². The second-order valence-corrected chi connectivity index (χ2v) is 10.9. The summed E-state index contributed by atoms with van der Waals surface area (Å²) in [4.78, 5) is 27.5. The summed E-state index contributed by atoms with van der Waals surface area (Å²) in [6, 6.07) is 12.5. The van der Waals surface area contributed by atoms with Crippen LogP contribution in [0.1, 0.15) is 19.4 Å². The maximum absolute atomic E-state index is 12.9. The minimum absolute atomic E-state index is 0.119. The van der Waals surface area contributed by atoms with Crippen LogP contribution in [0.15, 0.2) is 52.3 Å². The number of nitrogens with one attached hydrogen (secondary N) is 1. The summed E-state index contributed by atoms with van der Waals surface area (Å²) in [6.07, 6.45) is 0.780. The van der Waals surface area contributed by atoms with Gasteiger partial charge in [0.05, 0.1) is 21.6 Å². The van der Waals surface area contributed by atoms with Gasteiger partial charge in [0.15, 0.2) is 9.84 Å². The van der Waals surface area contributed by atoms with Crippen molar-refractivity contribution in [1.82, 2.24) is 0 Å². The Morgan fingerprint density at radius 2 is 2.03 bits per heavy atom. The van der Waals surface area contributed by atoms with Crippen molar-refractivity contribution in [2.75, 3.05) is 22.5 Å². The molecule has 2 amide bonds. The van der Waals surface area contributed by atoms with Gasteiger partial charge in [-0.25, -0.2) is 8.42 Å². The molecule has 152 valence electrons. The molecule has 0 unspecified atom stereocenters. The lowest BCUT2D eigenvalue weighted by Crippen LogP contribution is -2.36. The standard InChI is InChI=1S/C21H22N2O4S2/c1-13(21(25)23-10-9-15-5-3-4-6-18(15)23)12-29(26,27)16-7-8-19-17(11-16)22-20(24)14(2)28-19/h3-8,11,13-14H,9-10,12H2,1-2H3,(H,22,24)/t13-,14+/m0/s1. The molecule has 0 aromatic heterocycles. The van der Waals surface area contributed by atoms with Gasteiger partial charge in [0.1, 0.15) is 0 Å². The Morgan fingerprint density at radius 3 is 2.83 bits per heavy atom. The largest absolute Gasteiger partial charge is 0.324 e. The number of fused-ring (bicyclic) bond motifs is 2. The van der Waals surface area contributed by atoms with Gasteiger partial charge in [-0.2, -0.15) is 0 Å². The minimum atomic E-state index is -3.68. The smallest absolute Gasteiger partial charge is 0.237 e. The molecule has 0 spiro atoms. The fourth-order valence-corrected chi connectivity index (χ4v) is 6.21. The van der Waals surface area contributed by atoms with E-state index < -0.39 is 15.8 Å². The molecule has 2 aromatic rings. The van der Waals surface area contributed by atoms with Gasteiger partial charge in [0.25, 0.3) is 0 Å². The summed E-state index contributed by atoms with van der Waals surface area (Å²) in [5.74, 6) is -1.28. The number of amides is 2. The van der Waals surface area contributed by atoms with Crippen LogP contribution in [0.3, 0.4) is 0 Å². The first-order valence-electron chi connectivity index (χ1n) is 9.50. The predicted molar refractivity (Wildman–Crippen MR) is 114 cm³/mol. The monoisotopic (exact) mass is 430 g/mol. The predicted octanol–water partition coefficient (Wildman–Crippen LogP) is 3.12. The number of anilines is 2. The number of carbonyl (C=O) groups is 2. The van der Waals surface area contributed by atoms with Gasteiger partial charge in [0, 0.05) is 23.0 Å². The van der Waals surface area contributed by atoms with E-state index in [1.165, 1.54) is 17.8 Å². The normalized spacial score (nSPS) is 19.3. The molecule has 2 heterocycles. The first-order valence-corrected chi connectivity index (χ1v) is 12.0. The van der Waals surface area contributed by atoms with Gasteiger partial charge in [-0.15, -0.1) is 11.8 Å². The SMILES string of the molecule is C[C@@H](CS(=O)(=O)c1ccc2c(c1)NC(=O)[C@@H](C)S2)C(=O)N1CCc2ccccc21. The number of sulfone groups is 1. The van der Waals surface area contributed by atoms with Gasteiger partial charge in [-0.3, -0.25) is 9.59 Å². The van der Waals surface area contributed by atoms with E-state index in [1.54, 1.807) is 30.9 Å². The number of benzene rings is 2. The molecular weight excluding hydrogens is 408 g/mol. The van der Waals surface area contributed by atoms with Gasteiger partial charge in [-0.1, -0.05) is 25.1 Å². The lowest BCUT2D eigenvalue weighted by atomic mass is 10.1. The van der Waals surface area contributed by atoms with E-state index in [0.717, 1.165) is 22.6 Å². The Morgan fingerprint density at radius 1 is 1.28 bits per heavy atom. The van der Waals surface area contributed by atoms with Crippen LogP contribution in [0.25, 0.3) is 0 Å². The van der Waals surface area contributed by atoms with Crippen LogP contribution in [-0.2, 0) is 25.8 Å². The number of para-hydroxylation sites is 1. The van der Waals surface area contributed by atoms with E-state index in [9.17, 15) is 18.0 Å². The van der Waals surface area contributed by atoms with Crippen molar-refractivity contribution >= 4 is 44.8 Å². The number of rotatable bonds is 4. The molecular formula is C21H22N2O4S2. The maximum Gasteiger partial charge on any atom is 0.237 e. The van der Waals surface area contributed by atoms with Crippen LogP contribution in [0.2, 0.25) is 0 Å². The lowest BCUT2D eigenvalue weighted by Gasteiger charge is -2.23. The number of carbonyl (C=O) groups excluding carboxylic acids is 2. The summed E-state index contributed by atoms with van der Waals surface area (Å²) in [6.45, 7) is 4.03. The van der Waals surface area contributed by atoms with E-state index >= 15 is 0 Å². The molecule has 0 aliphatic carbocycles. The average molecular weight is 431 g/mol. The summed E-state index contributed by atoms with van der Waals surface area (Å²) < 4.78 is 25.9. The average Bonchev–Trinajstić information content (AvgIpc) is 3.11. The fraction of sp³-hybridized carbons (Fsp3) is 0.333.